The molecule has 0 bridgehead atoms. The molecule has 1 saturated heterocycles. The molecule has 2 heterocycles. The Morgan fingerprint density at radius 2 is 1.65 bits per heavy atom. The summed E-state index contributed by atoms with van der Waals surface area (Å²) < 4.78 is 26.5. The SMILES string of the molecule is CC1CNCC(N2C(=O)c3cc(F)c(F)cc3C2=O)C1. The number of hydrogen-bond donors (Lipinski definition) is 1. The number of nitrogens with zero attached hydrogens (tertiary/aromatic N) is 1. The van der Waals surface area contributed by atoms with E-state index in [1.165, 1.54) is 0 Å². The van der Waals surface area contributed by atoms with Gasteiger partial charge in [0.2, 0.25) is 0 Å². The summed E-state index contributed by atoms with van der Waals surface area (Å²) in [5.41, 5.74) is -0.0979. The van der Waals surface area contributed by atoms with Gasteiger partial charge < -0.3 is 5.32 Å². The first-order valence-corrected chi connectivity index (χ1v) is 6.56. The van der Waals surface area contributed by atoms with Gasteiger partial charge in [0, 0.05) is 6.54 Å². The Kier molecular flexibility index (Phi) is 3.05. The van der Waals surface area contributed by atoms with Gasteiger partial charge >= 0.3 is 0 Å². The van der Waals surface area contributed by atoms with Crippen LogP contribution < -0.4 is 5.32 Å². The third kappa shape index (κ3) is 1.91. The average Bonchev–Trinajstić information content (AvgIpc) is 2.63. The van der Waals surface area contributed by atoms with Gasteiger partial charge in [0.1, 0.15) is 0 Å². The van der Waals surface area contributed by atoms with Crippen LogP contribution in [-0.2, 0) is 0 Å². The molecule has 1 aromatic carbocycles. The van der Waals surface area contributed by atoms with Crippen molar-refractivity contribution >= 4 is 11.8 Å². The van der Waals surface area contributed by atoms with Gasteiger partial charge in [-0.1, -0.05) is 6.92 Å². The maximum atomic E-state index is 13.2. The molecule has 2 atom stereocenters. The van der Waals surface area contributed by atoms with Gasteiger partial charge in [-0.05, 0) is 31.0 Å². The molecule has 4 nitrogen and oxygen atoms in total. The Hall–Kier alpha value is -1.82. The third-order valence-electron chi connectivity index (χ3n) is 3.87. The number of imide groups is 1. The summed E-state index contributed by atoms with van der Waals surface area (Å²) in [6.45, 7) is 3.38. The number of carbonyl (C=O) groups is 2. The van der Waals surface area contributed by atoms with Crippen LogP contribution in [0.2, 0.25) is 0 Å². The van der Waals surface area contributed by atoms with Crippen molar-refractivity contribution in [2.45, 2.75) is 19.4 Å². The normalized spacial score (nSPS) is 26.1. The molecule has 6 heteroatoms. The highest BCUT2D eigenvalue weighted by atomic mass is 19.2. The summed E-state index contributed by atoms with van der Waals surface area (Å²) in [7, 11) is 0. The average molecular weight is 280 g/mol. The van der Waals surface area contributed by atoms with Gasteiger partial charge in [0.05, 0.1) is 17.2 Å². The molecule has 1 fully saturated rings. The maximum Gasteiger partial charge on any atom is 0.261 e. The van der Waals surface area contributed by atoms with Crippen molar-refractivity contribution in [2.24, 2.45) is 5.92 Å². The van der Waals surface area contributed by atoms with Crippen molar-refractivity contribution in [3.63, 3.8) is 0 Å². The first-order chi connectivity index (χ1) is 9.49. The lowest BCUT2D eigenvalue weighted by atomic mass is 9.96. The molecule has 3 rings (SSSR count). The Labute approximate surface area is 114 Å². The van der Waals surface area contributed by atoms with Crippen LogP contribution in [0.3, 0.4) is 0 Å². The van der Waals surface area contributed by atoms with E-state index in [-0.39, 0.29) is 17.2 Å². The van der Waals surface area contributed by atoms with E-state index in [4.69, 9.17) is 0 Å². The Balaban J connectivity index is 1.97. The summed E-state index contributed by atoms with van der Waals surface area (Å²) in [5.74, 6) is -2.95. The highest BCUT2D eigenvalue weighted by molar-refractivity contribution is 6.21. The fraction of sp³-hybridized carbons (Fsp3) is 0.429. The first-order valence-electron chi connectivity index (χ1n) is 6.56. The second kappa shape index (κ2) is 4.63. The summed E-state index contributed by atoms with van der Waals surface area (Å²) >= 11 is 0. The fourth-order valence-electron chi connectivity index (χ4n) is 2.91. The Bertz CT molecular complexity index is 562. The van der Waals surface area contributed by atoms with E-state index < -0.39 is 23.4 Å². The summed E-state index contributed by atoms with van der Waals surface area (Å²) in [4.78, 5) is 25.7. The Morgan fingerprint density at radius 1 is 1.10 bits per heavy atom. The van der Waals surface area contributed by atoms with E-state index in [9.17, 15) is 18.4 Å². The van der Waals surface area contributed by atoms with Crippen LogP contribution in [0.15, 0.2) is 12.1 Å². The third-order valence-corrected chi connectivity index (χ3v) is 3.87. The van der Waals surface area contributed by atoms with Crippen molar-refractivity contribution < 1.29 is 18.4 Å². The predicted molar refractivity (Wildman–Crippen MR) is 67.3 cm³/mol. The molecule has 1 aromatic rings. The molecule has 0 aromatic heterocycles. The van der Waals surface area contributed by atoms with Gasteiger partial charge in [-0.25, -0.2) is 8.78 Å². The minimum atomic E-state index is -1.11. The number of hydrogen-bond acceptors (Lipinski definition) is 3. The zero-order valence-corrected chi connectivity index (χ0v) is 11.0. The zero-order chi connectivity index (χ0) is 14.4. The van der Waals surface area contributed by atoms with E-state index in [0.717, 1.165) is 23.6 Å². The number of piperidine rings is 1. The van der Waals surface area contributed by atoms with Gasteiger partial charge in [-0.3, -0.25) is 14.5 Å². The topological polar surface area (TPSA) is 49.4 Å². The lowest BCUT2D eigenvalue weighted by Gasteiger charge is -2.33. The second-order valence-corrected chi connectivity index (χ2v) is 5.45. The monoisotopic (exact) mass is 280 g/mol. The minimum absolute atomic E-state index is 0.0490. The maximum absolute atomic E-state index is 13.2. The van der Waals surface area contributed by atoms with Gasteiger partial charge in [0.15, 0.2) is 11.6 Å². The summed E-state index contributed by atoms with van der Waals surface area (Å²) in [6, 6.07) is 1.35. The smallest absolute Gasteiger partial charge is 0.261 e. The second-order valence-electron chi connectivity index (χ2n) is 5.45. The van der Waals surface area contributed by atoms with Crippen LogP contribution in [0, 0.1) is 17.6 Å². The number of halogens is 2. The number of carbonyl (C=O) groups excluding carboxylic acids is 2. The highest BCUT2D eigenvalue weighted by Crippen LogP contribution is 2.29. The molecule has 0 saturated carbocycles. The molecule has 2 aliphatic rings. The van der Waals surface area contributed by atoms with Crippen LogP contribution >= 0.6 is 0 Å². The quantitative estimate of drug-likeness (QED) is 0.794. The minimum Gasteiger partial charge on any atom is -0.314 e. The van der Waals surface area contributed by atoms with E-state index in [1.54, 1.807) is 0 Å². The molecule has 1 N–H and O–H groups in total. The molecule has 2 amide bonds. The Morgan fingerprint density at radius 3 is 2.15 bits per heavy atom. The van der Waals surface area contributed by atoms with Gasteiger partial charge in [-0.2, -0.15) is 0 Å². The summed E-state index contributed by atoms with van der Waals surface area (Å²) in [6.07, 6.45) is 0.698. The highest BCUT2D eigenvalue weighted by Gasteiger charge is 2.41. The molecule has 2 aliphatic heterocycles. The number of fused-ring (bicyclic) bond motifs is 1. The predicted octanol–water partition coefficient (Wildman–Crippen LogP) is 1.56. The number of amides is 2. The van der Waals surface area contributed by atoms with Crippen LogP contribution in [0.1, 0.15) is 34.1 Å². The standard InChI is InChI=1S/C14H14F2N2O2/c1-7-2-8(6-17-5-7)18-13(19)9-3-11(15)12(16)4-10(9)14(18)20/h3-4,7-8,17H,2,5-6H2,1H3. The van der Waals surface area contributed by atoms with Crippen molar-refractivity contribution in [3.8, 4) is 0 Å². The van der Waals surface area contributed by atoms with Gasteiger partial charge in [0.25, 0.3) is 11.8 Å². The number of rotatable bonds is 1. The molecule has 0 aliphatic carbocycles. The van der Waals surface area contributed by atoms with Crippen molar-refractivity contribution in [3.05, 3.63) is 34.9 Å². The molecule has 0 radical (unpaired) electrons. The van der Waals surface area contributed by atoms with Crippen molar-refractivity contribution in [1.82, 2.24) is 10.2 Å². The first kappa shape index (κ1) is 13.2. The molecular weight excluding hydrogens is 266 g/mol. The lowest BCUT2D eigenvalue weighted by Crippen LogP contribution is -2.50. The van der Waals surface area contributed by atoms with Crippen LogP contribution in [-0.4, -0.2) is 35.8 Å². The van der Waals surface area contributed by atoms with Crippen LogP contribution in [0.4, 0.5) is 8.78 Å². The van der Waals surface area contributed by atoms with Crippen LogP contribution in [0.5, 0.6) is 0 Å². The molecule has 20 heavy (non-hydrogen) atoms. The van der Waals surface area contributed by atoms with E-state index in [1.807, 2.05) is 6.92 Å². The fourth-order valence-corrected chi connectivity index (χ4v) is 2.91. The van der Waals surface area contributed by atoms with E-state index in [2.05, 4.69) is 5.32 Å². The van der Waals surface area contributed by atoms with Crippen molar-refractivity contribution in [2.75, 3.05) is 13.1 Å². The molecule has 0 spiro atoms. The van der Waals surface area contributed by atoms with E-state index in [0.29, 0.717) is 18.9 Å². The van der Waals surface area contributed by atoms with Gasteiger partial charge in [-0.15, -0.1) is 0 Å². The zero-order valence-electron chi connectivity index (χ0n) is 11.0. The summed E-state index contributed by atoms with van der Waals surface area (Å²) in [5, 5.41) is 3.16. The molecule has 106 valence electrons. The van der Waals surface area contributed by atoms with Crippen LogP contribution in [0.25, 0.3) is 0 Å². The largest absolute Gasteiger partial charge is 0.314 e. The lowest BCUT2D eigenvalue weighted by molar-refractivity contribution is 0.0542. The van der Waals surface area contributed by atoms with E-state index >= 15 is 0 Å². The molecule has 2 unspecified atom stereocenters. The molecular formula is C14H14F2N2O2. The number of nitrogens with one attached hydrogen (secondary N) is 1. The number of benzene rings is 1. The van der Waals surface area contributed by atoms with Crippen molar-refractivity contribution in [1.29, 1.82) is 0 Å².